The number of hydrogen-bond acceptors (Lipinski definition) is 7. The van der Waals surface area contributed by atoms with Crippen LogP contribution < -0.4 is 24.3 Å². The lowest BCUT2D eigenvalue weighted by atomic mass is 10.2. The Morgan fingerprint density at radius 3 is 2.50 bits per heavy atom. The van der Waals surface area contributed by atoms with Crippen molar-refractivity contribution in [1.29, 1.82) is 0 Å². The number of nitrogens with one attached hydrogen (secondary N) is 1. The van der Waals surface area contributed by atoms with Gasteiger partial charge in [0.05, 0.1) is 19.1 Å². The van der Waals surface area contributed by atoms with Gasteiger partial charge in [-0.05, 0) is 35.9 Å². The molecule has 0 atom stereocenters. The van der Waals surface area contributed by atoms with Crippen LogP contribution >= 0.6 is 24.0 Å². The van der Waals surface area contributed by atoms with E-state index < -0.39 is 0 Å². The van der Waals surface area contributed by atoms with Crippen LogP contribution in [0.2, 0.25) is 0 Å². The Hall–Kier alpha value is -2.71. The van der Waals surface area contributed by atoms with Crippen LogP contribution in [0.4, 0.5) is 0 Å². The molecule has 8 heteroatoms. The Morgan fingerprint density at radius 2 is 1.79 bits per heavy atom. The molecular weight excluding hydrogens is 398 g/mol. The highest BCUT2D eigenvalue weighted by molar-refractivity contribution is 8.26. The molecule has 146 valence electrons. The lowest BCUT2D eigenvalue weighted by molar-refractivity contribution is -0.115. The van der Waals surface area contributed by atoms with Gasteiger partial charge in [-0.2, -0.15) is 0 Å². The minimum Gasteiger partial charge on any atom is -0.497 e. The lowest BCUT2D eigenvalue weighted by Crippen LogP contribution is -2.17. The molecule has 1 saturated heterocycles. The second kappa shape index (κ2) is 9.48. The Labute approximate surface area is 172 Å². The van der Waals surface area contributed by atoms with Crippen LogP contribution in [0.5, 0.6) is 23.0 Å². The van der Waals surface area contributed by atoms with Crippen LogP contribution in [-0.4, -0.2) is 37.7 Å². The molecule has 1 amide bonds. The van der Waals surface area contributed by atoms with E-state index in [4.69, 9.17) is 31.2 Å². The Morgan fingerprint density at radius 1 is 1.00 bits per heavy atom. The van der Waals surface area contributed by atoms with E-state index in [-0.39, 0.29) is 5.91 Å². The molecule has 1 aliphatic rings. The fourth-order valence-corrected chi connectivity index (χ4v) is 3.51. The second-order valence-electron chi connectivity index (χ2n) is 5.64. The van der Waals surface area contributed by atoms with Gasteiger partial charge in [-0.25, -0.2) is 0 Å². The van der Waals surface area contributed by atoms with E-state index in [0.717, 1.165) is 11.3 Å². The highest BCUT2D eigenvalue weighted by atomic mass is 32.2. The average Bonchev–Trinajstić information content (AvgIpc) is 3.02. The van der Waals surface area contributed by atoms with E-state index in [1.165, 1.54) is 11.8 Å². The number of methoxy groups -OCH3 is 2. The molecular formula is C20H19NO5S2. The summed E-state index contributed by atoms with van der Waals surface area (Å²) in [6, 6.07) is 12.8. The molecule has 0 radical (unpaired) electrons. The minimum absolute atomic E-state index is 0.191. The number of carbonyl (C=O) groups is 1. The van der Waals surface area contributed by atoms with E-state index in [1.54, 1.807) is 32.4 Å². The first-order valence-electron chi connectivity index (χ1n) is 8.41. The number of amides is 1. The van der Waals surface area contributed by atoms with Crippen molar-refractivity contribution in [1.82, 2.24) is 5.32 Å². The van der Waals surface area contributed by atoms with Crippen molar-refractivity contribution in [2.24, 2.45) is 0 Å². The van der Waals surface area contributed by atoms with Crippen LogP contribution in [0, 0.1) is 0 Å². The lowest BCUT2D eigenvalue weighted by Gasteiger charge is -2.12. The fourth-order valence-electron chi connectivity index (χ4n) is 2.47. The zero-order chi connectivity index (χ0) is 19.9. The van der Waals surface area contributed by atoms with E-state index >= 15 is 0 Å². The van der Waals surface area contributed by atoms with Crippen molar-refractivity contribution in [3.8, 4) is 23.0 Å². The van der Waals surface area contributed by atoms with Crippen molar-refractivity contribution in [2.75, 3.05) is 27.4 Å². The summed E-state index contributed by atoms with van der Waals surface area (Å²) < 4.78 is 22.4. The third-order valence-corrected chi connectivity index (χ3v) is 4.94. The number of hydrogen-bond donors (Lipinski definition) is 1. The van der Waals surface area contributed by atoms with Crippen molar-refractivity contribution in [3.05, 3.63) is 52.9 Å². The van der Waals surface area contributed by atoms with Gasteiger partial charge in [0.25, 0.3) is 5.91 Å². The van der Waals surface area contributed by atoms with Gasteiger partial charge in [-0.15, -0.1) is 0 Å². The number of thiocarbonyl (C=S) groups is 1. The Bertz CT molecular complexity index is 913. The maximum absolute atomic E-state index is 11.8. The van der Waals surface area contributed by atoms with Crippen molar-refractivity contribution >= 4 is 40.3 Å². The minimum atomic E-state index is -0.191. The van der Waals surface area contributed by atoms with Gasteiger partial charge >= 0.3 is 0 Å². The Kier molecular flexibility index (Phi) is 6.78. The molecule has 0 unspecified atom stereocenters. The zero-order valence-electron chi connectivity index (χ0n) is 15.4. The summed E-state index contributed by atoms with van der Waals surface area (Å²) in [4.78, 5) is 12.3. The third kappa shape index (κ3) is 5.17. The first kappa shape index (κ1) is 20.0. The first-order chi connectivity index (χ1) is 13.6. The number of rotatable bonds is 8. The van der Waals surface area contributed by atoms with Gasteiger partial charge in [0.2, 0.25) is 0 Å². The molecule has 28 heavy (non-hydrogen) atoms. The molecule has 0 saturated carbocycles. The molecule has 3 rings (SSSR count). The summed E-state index contributed by atoms with van der Waals surface area (Å²) in [5.41, 5.74) is 0.819. The van der Waals surface area contributed by atoms with Gasteiger partial charge in [0.15, 0.2) is 11.5 Å². The van der Waals surface area contributed by atoms with E-state index in [2.05, 4.69) is 5.32 Å². The summed E-state index contributed by atoms with van der Waals surface area (Å²) in [6.45, 7) is 0.719. The zero-order valence-corrected chi connectivity index (χ0v) is 17.0. The molecule has 0 bridgehead atoms. The molecule has 1 fully saturated rings. The number of thioether (sulfide) groups is 1. The molecule has 0 spiro atoms. The monoisotopic (exact) mass is 417 g/mol. The summed E-state index contributed by atoms with van der Waals surface area (Å²) >= 11 is 6.23. The molecule has 2 aromatic rings. The summed E-state index contributed by atoms with van der Waals surface area (Å²) in [6.07, 6.45) is 1.76. The fraction of sp³-hybridized carbons (Fsp3) is 0.200. The molecule has 0 aromatic heterocycles. The van der Waals surface area contributed by atoms with Crippen LogP contribution in [0.3, 0.4) is 0 Å². The van der Waals surface area contributed by atoms with Crippen LogP contribution in [-0.2, 0) is 4.79 Å². The van der Waals surface area contributed by atoms with Crippen molar-refractivity contribution in [2.45, 2.75) is 0 Å². The molecule has 1 heterocycles. The quantitative estimate of drug-likeness (QED) is 0.399. The number of ether oxygens (including phenoxy) is 4. The molecule has 2 aromatic carbocycles. The highest BCUT2D eigenvalue weighted by Gasteiger charge is 2.22. The third-order valence-electron chi connectivity index (χ3n) is 3.78. The molecule has 1 N–H and O–H groups in total. The highest BCUT2D eigenvalue weighted by Crippen LogP contribution is 2.31. The predicted octanol–water partition coefficient (Wildman–Crippen LogP) is 3.65. The average molecular weight is 418 g/mol. The predicted molar refractivity (Wildman–Crippen MR) is 113 cm³/mol. The van der Waals surface area contributed by atoms with Crippen LogP contribution in [0.15, 0.2) is 47.4 Å². The van der Waals surface area contributed by atoms with Crippen LogP contribution in [0.25, 0.3) is 6.08 Å². The van der Waals surface area contributed by atoms with Crippen molar-refractivity contribution < 1.29 is 23.7 Å². The second-order valence-corrected chi connectivity index (χ2v) is 7.36. The SMILES string of the molecule is COc1cccc(OCCOc2ccc(C=C3SC(=S)NC3=O)cc2OC)c1. The maximum Gasteiger partial charge on any atom is 0.263 e. The number of carbonyl (C=O) groups excluding carboxylic acids is 1. The largest absolute Gasteiger partial charge is 0.497 e. The van der Waals surface area contributed by atoms with Gasteiger partial charge in [-0.3, -0.25) is 4.79 Å². The maximum atomic E-state index is 11.8. The molecule has 0 aliphatic carbocycles. The van der Waals surface area contributed by atoms with Gasteiger partial charge in [-0.1, -0.05) is 36.1 Å². The summed E-state index contributed by atoms with van der Waals surface area (Å²) in [5, 5.41) is 2.59. The van der Waals surface area contributed by atoms with E-state index in [9.17, 15) is 4.79 Å². The van der Waals surface area contributed by atoms with E-state index in [1.807, 2.05) is 30.3 Å². The van der Waals surface area contributed by atoms with Gasteiger partial charge < -0.3 is 24.3 Å². The summed E-state index contributed by atoms with van der Waals surface area (Å²) in [5.74, 6) is 2.42. The normalized spacial score (nSPS) is 14.7. The molecule has 1 aliphatic heterocycles. The first-order valence-corrected chi connectivity index (χ1v) is 9.64. The standard InChI is InChI=1S/C20H19NO5S2/c1-23-14-4-3-5-15(12-14)25-8-9-26-16-7-6-13(10-17(16)24-2)11-18-19(22)21-20(27)28-18/h3-7,10-12H,8-9H2,1-2H3,(H,21,22,27). The van der Waals surface area contributed by atoms with Gasteiger partial charge in [0, 0.05) is 6.07 Å². The smallest absolute Gasteiger partial charge is 0.263 e. The Balaban J connectivity index is 1.59. The molecule has 6 nitrogen and oxygen atoms in total. The van der Waals surface area contributed by atoms with Crippen LogP contribution in [0.1, 0.15) is 5.56 Å². The topological polar surface area (TPSA) is 66.0 Å². The van der Waals surface area contributed by atoms with Gasteiger partial charge in [0.1, 0.15) is 29.0 Å². The summed E-state index contributed by atoms with van der Waals surface area (Å²) in [7, 11) is 3.18. The van der Waals surface area contributed by atoms with E-state index in [0.29, 0.717) is 39.7 Å². The number of benzene rings is 2. The van der Waals surface area contributed by atoms with Crippen molar-refractivity contribution in [3.63, 3.8) is 0 Å².